The first kappa shape index (κ1) is 10.0. The standard InChI is InChI=1S/C9H12O4/c1-2-4-12-7-3-5-13-8(6-7)9(10)11/h1,7-8H,3-6H2,(H,10,11). The van der Waals surface area contributed by atoms with E-state index in [1.54, 1.807) is 0 Å². The Morgan fingerprint density at radius 1 is 1.77 bits per heavy atom. The number of aliphatic carboxylic acids is 1. The van der Waals surface area contributed by atoms with Crippen LogP contribution in [0, 0.1) is 12.3 Å². The lowest BCUT2D eigenvalue weighted by Crippen LogP contribution is -2.36. The molecule has 0 aromatic carbocycles. The summed E-state index contributed by atoms with van der Waals surface area (Å²) >= 11 is 0. The predicted octanol–water partition coefficient (Wildman–Crippen LogP) is 0.268. The molecule has 1 heterocycles. The average molecular weight is 184 g/mol. The van der Waals surface area contributed by atoms with Crippen LogP contribution < -0.4 is 0 Å². The first-order valence-corrected chi connectivity index (χ1v) is 4.13. The van der Waals surface area contributed by atoms with E-state index in [0.29, 0.717) is 19.4 Å². The lowest BCUT2D eigenvalue weighted by atomic mass is 10.1. The molecule has 2 atom stereocenters. The molecule has 0 aromatic rings. The average Bonchev–Trinajstić information content (AvgIpc) is 2.15. The van der Waals surface area contributed by atoms with E-state index in [9.17, 15) is 4.79 Å². The van der Waals surface area contributed by atoms with Crippen LogP contribution in [0.15, 0.2) is 0 Å². The molecule has 0 bridgehead atoms. The van der Waals surface area contributed by atoms with E-state index in [2.05, 4.69) is 5.92 Å². The van der Waals surface area contributed by atoms with E-state index < -0.39 is 12.1 Å². The van der Waals surface area contributed by atoms with Crippen molar-refractivity contribution in [2.75, 3.05) is 13.2 Å². The molecule has 1 rings (SSSR count). The quantitative estimate of drug-likeness (QED) is 0.639. The summed E-state index contributed by atoms with van der Waals surface area (Å²) in [7, 11) is 0. The molecule has 1 N–H and O–H groups in total. The number of ether oxygens (including phenoxy) is 2. The molecule has 72 valence electrons. The van der Waals surface area contributed by atoms with E-state index in [4.69, 9.17) is 21.0 Å². The minimum Gasteiger partial charge on any atom is -0.479 e. The van der Waals surface area contributed by atoms with Crippen molar-refractivity contribution in [2.45, 2.75) is 25.0 Å². The van der Waals surface area contributed by atoms with Gasteiger partial charge in [-0.25, -0.2) is 4.79 Å². The van der Waals surface area contributed by atoms with Crippen LogP contribution in [-0.4, -0.2) is 36.5 Å². The van der Waals surface area contributed by atoms with Crippen molar-refractivity contribution in [3.63, 3.8) is 0 Å². The number of terminal acetylenes is 1. The summed E-state index contributed by atoms with van der Waals surface area (Å²) in [5.41, 5.74) is 0. The van der Waals surface area contributed by atoms with Gasteiger partial charge in [0.05, 0.1) is 12.7 Å². The number of carboxylic acid groups (broad SMARTS) is 1. The summed E-state index contributed by atoms with van der Waals surface area (Å²) in [5.74, 6) is 1.41. The third-order valence-electron chi connectivity index (χ3n) is 1.91. The van der Waals surface area contributed by atoms with Crippen LogP contribution in [0.1, 0.15) is 12.8 Å². The van der Waals surface area contributed by atoms with Crippen LogP contribution >= 0.6 is 0 Å². The van der Waals surface area contributed by atoms with E-state index in [1.165, 1.54) is 0 Å². The Kier molecular flexibility index (Phi) is 3.74. The molecular weight excluding hydrogens is 172 g/mol. The number of rotatable bonds is 3. The molecule has 0 saturated carbocycles. The van der Waals surface area contributed by atoms with Gasteiger partial charge in [0.15, 0.2) is 6.10 Å². The van der Waals surface area contributed by atoms with Crippen LogP contribution in [-0.2, 0) is 14.3 Å². The van der Waals surface area contributed by atoms with Gasteiger partial charge >= 0.3 is 5.97 Å². The Bertz CT molecular complexity index is 218. The number of hydrogen-bond donors (Lipinski definition) is 1. The molecule has 0 amide bonds. The topological polar surface area (TPSA) is 55.8 Å². The van der Waals surface area contributed by atoms with Crippen molar-refractivity contribution >= 4 is 5.97 Å². The third-order valence-corrected chi connectivity index (χ3v) is 1.91. The highest BCUT2D eigenvalue weighted by molar-refractivity contribution is 5.72. The van der Waals surface area contributed by atoms with Gasteiger partial charge < -0.3 is 14.6 Å². The van der Waals surface area contributed by atoms with Gasteiger partial charge in [0, 0.05) is 6.42 Å². The fraction of sp³-hybridized carbons (Fsp3) is 0.667. The maximum absolute atomic E-state index is 10.6. The summed E-state index contributed by atoms with van der Waals surface area (Å²) in [6, 6.07) is 0. The Morgan fingerprint density at radius 2 is 2.54 bits per heavy atom. The summed E-state index contributed by atoms with van der Waals surface area (Å²) in [6.45, 7) is 0.656. The fourth-order valence-corrected chi connectivity index (χ4v) is 1.26. The van der Waals surface area contributed by atoms with Gasteiger partial charge in [0.25, 0.3) is 0 Å². The summed E-state index contributed by atoms with van der Waals surface area (Å²) < 4.78 is 10.3. The van der Waals surface area contributed by atoms with Gasteiger partial charge in [0.2, 0.25) is 0 Å². The fourth-order valence-electron chi connectivity index (χ4n) is 1.26. The zero-order valence-electron chi connectivity index (χ0n) is 7.23. The monoisotopic (exact) mass is 184 g/mol. The van der Waals surface area contributed by atoms with E-state index >= 15 is 0 Å². The molecule has 1 fully saturated rings. The Balaban J connectivity index is 2.34. The van der Waals surface area contributed by atoms with Crippen LogP contribution in [0.3, 0.4) is 0 Å². The first-order valence-electron chi connectivity index (χ1n) is 4.13. The molecule has 1 saturated heterocycles. The SMILES string of the molecule is C#CCOC1CCOC(C(=O)O)C1. The molecule has 13 heavy (non-hydrogen) atoms. The van der Waals surface area contributed by atoms with Crippen LogP contribution in [0.2, 0.25) is 0 Å². The molecule has 4 heteroatoms. The smallest absolute Gasteiger partial charge is 0.332 e. The molecule has 1 aliphatic rings. The molecule has 1 aliphatic heterocycles. The maximum Gasteiger partial charge on any atom is 0.332 e. The van der Waals surface area contributed by atoms with Crippen LogP contribution in [0.4, 0.5) is 0 Å². The molecular formula is C9H12O4. The van der Waals surface area contributed by atoms with Crippen molar-refractivity contribution in [1.29, 1.82) is 0 Å². The number of hydrogen-bond acceptors (Lipinski definition) is 3. The normalized spacial score (nSPS) is 27.9. The molecule has 4 nitrogen and oxygen atoms in total. The second kappa shape index (κ2) is 4.85. The Morgan fingerprint density at radius 3 is 3.15 bits per heavy atom. The minimum atomic E-state index is -0.936. The van der Waals surface area contributed by atoms with Crippen LogP contribution in [0.5, 0.6) is 0 Å². The minimum absolute atomic E-state index is 0.0779. The first-order chi connectivity index (χ1) is 6.24. The van der Waals surface area contributed by atoms with Gasteiger partial charge in [-0.3, -0.25) is 0 Å². The van der Waals surface area contributed by atoms with Gasteiger partial charge in [-0.05, 0) is 6.42 Å². The van der Waals surface area contributed by atoms with Crippen molar-refractivity contribution in [2.24, 2.45) is 0 Å². The van der Waals surface area contributed by atoms with E-state index in [-0.39, 0.29) is 12.7 Å². The van der Waals surface area contributed by atoms with Gasteiger partial charge in [0.1, 0.15) is 6.61 Å². The second-order valence-corrected chi connectivity index (χ2v) is 2.86. The largest absolute Gasteiger partial charge is 0.479 e. The number of carboxylic acids is 1. The molecule has 0 aromatic heterocycles. The van der Waals surface area contributed by atoms with E-state index in [1.807, 2.05) is 0 Å². The molecule has 2 unspecified atom stereocenters. The third kappa shape index (κ3) is 3.05. The summed E-state index contributed by atoms with van der Waals surface area (Å²) in [6.07, 6.45) is 5.30. The Labute approximate surface area is 76.8 Å². The van der Waals surface area contributed by atoms with Crippen molar-refractivity contribution < 1.29 is 19.4 Å². The number of carbonyl (C=O) groups is 1. The van der Waals surface area contributed by atoms with Gasteiger partial charge in [-0.1, -0.05) is 5.92 Å². The summed E-state index contributed by atoms with van der Waals surface area (Å²) in [4.78, 5) is 10.6. The molecule has 0 spiro atoms. The maximum atomic E-state index is 10.6. The van der Waals surface area contributed by atoms with E-state index in [0.717, 1.165) is 0 Å². The highest BCUT2D eigenvalue weighted by Crippen LogP contribution is 2.16. The van der Waals surface area contributed by atoms with Crippen LogP contribution in [0.25, 0.3) is 0 Å². The molecule has 0 radical (unpaired) electrons. The van der Waals surface area contributed by atoms with Gasteiger partial charge in [-0.2, -0.15) is 0 Å². The lowest BCUT2D eigenvalue weighted by Gasteiger charge is -2.26. The lowest BCUT2D eigenvalue weighted by molar-refractivity contribution is -0.158. The van der Waals surface area contributed by atoms with Crippen molar-refractivity contribution in [1.82, 2.24) is 0 Å². The Hall–Kier alpha value is -1.05. The van der Waals surface area contributed by atoms with Crippen molar-refractivity contribution in [3.05, 3.63) is 0 Å². The van der Waals surface area contributed by atoms with Gasteiger partial charge in [-0.15, -0.1) is 6.42 Å². The van der Waals surface area contributed by atoms with Crippen molar-refractivity contribution in [3.8, 4) is 12.3 Å². The predicted molar refractivity (Wildman–Crippen MR) is 45.2 cm³/mol. The summed E-state index contributed by atoms with van der Waals surface area (Å²) in [5, 5.41) is 8.66. The molecule has 0 aliphatic carbocycles. The zero-order chi connectivity index (χ0) is 9.68. The second-order valence-electron chi connectivity index (χ2n) is 2.86. The highest BCUT2D eigenvalue weighted by Gasteiger charge is 2.27. The zero-order valence-corrected chi connectivity index (χ0v) is 7.23. The highest BCUT2D eigenvalue weighted by atomic mass is 16.5.